The zero-order valence-corrected chi connectivity index (χ0v) is 13.6. The Labute approximate surface area is 141 Å². The molecule has 9 heteroatoms. The molecule has 3 atom stereocenters. The minimum absolute atomic E-state index is 0.00998. The van der Waals surface area contributed by atoms with E-state index in [-0.39, 0.29) is 36.4 Å². The quantitative estimate of drug-likeness (QED) is 0.820. The van der Waals surface area contributed by atoms with Crippen LogP contribution in [0.5, 0.6) is 11.5 Å². The zero-order chi connectivity index (χ0) is 18.5. The van der Waals surface area contributed by atoms with E-state index < -0.39 is 41.9 Å². The van der Waals surface area contributed by atoms with Crippen LogP contribution in [0.3, 0.4) is 0 Å². The fraction of sp³-hybridized carbons (Fsp3) is 0.562. The molecule has 0 radical (unpaired) electrons. The summed E-state index contributed by atoms with van der Waals surface area (Å²) in [6.45, 7) is 2.16. The van der Waals surface area contributed by atoms with Crippen LogP contribution >= 0.6 is 0 Å². The maximum Gasteiger partial charge on any atom is 0.425 e. The summed E-state index contributed by atoms with van der Waals surface area (Å²) in [6, 6.07) is 0.845. The molecule has 1 N–H and O–H groups in total. The van der Waals surface area contributed by atoms with Crippen LogP contribution < -0.4 is 9.47 Å². The molecule has 1 aromatic carbocycles. The van der Waals surface area contributed by atoms with Crippen molar-refractivity contribution in [1.29, 1.82) is 0 Å². The molecule has 0 spiro atoms. The normalized spacial score (nSPS) is 24.3. The molecule has 0 aliphatic carbocycles. The van der Waals surface area contributed by atoms with E-state index in [0.29, 0.717) is 0 Å². The number of fused-ring (bicyclic) bond motifs is 2. The molecule has 3 rings (SSSR count). The second-order valence-electron chi connectivity index (χ2n) is 6.32. The van der Waals surface area contributed by atoms with E-state index in [2.05, 4.69) is 0 Å². The Bertz CT molecular complexity index is 706. The van der Waals surface area contributed by atoms with E-state index in [0.717, 1.165) is 6.92 Å². The summed E-state index contributed by atoms with van der Waals surface area (Å²) >= 11 is 0. The lowest BCUT2D eigenvalue weighted by atomic mass is 10.1. The van der Waals surface area contributed by atoms with Crippen molar-refractivity contribution < 1.29 is 36.9 Å². The Morgan fingerprint density at radius 3 is 2.76 bits per heavy atom. The topological polar surface area (TPSA) is 59.0 Å². The van der Waals surface area contributed by atoms with E-state index in [9.17, 15) is 27.5 Å². The Balaban J connectivity index is 2.08. The number of aryl methyl sites for hydroxylation is 1. The van der Waals surface area contributed by atoms with Crippen molar-refractivity contribution in [2.45, 2.75) is 44.7 Å². The zero-order valence-electron chi connectivity index (χ0n) is 13.6. The average Bonchev–Trinajstić information content (AvgIpc) is 2.83. The minimum atomic E-state index is -4.72. The molecule has 2 aliphatic rings. The van der Waals surface area contributed by atoms with Crippen molar-refractivity contribution in [3.05, 3.63) is 23.0 Å². The molecule has 2 heterocycles. The first-order valence-corrected chi connectivity index (χ1v) is 7.78. The monoisotopic (exact) mass is 363 g/mol. The van der Waals surface area contributed by atoms with Gasteiger partial charge >= 0.3 is 6.18 Å². The van der Waals surface area contributed by atoms with Crippen LogP contribution in [0.15, 0.2) is 6.07 Å². The van der Waals surface area contributed by atoms with Crippen LogP contribution in [0.1, 0.15) is 29.3 Å². The van der Waals surface area contributed by atoms with Gasteiger partial charge in [-0.25, -0.2) is 4.39 Å². The number of ether oxygens (including phenoxy) is 2. The number of carbonyl (C=O) groups is 1. The van der Waals surface area contributed by atoms with Gasteiger partial charge in [-0.15, -0.1) is 0 Å². The third kappa shape index (κ3) is 3.12. The lowest BCUT2D eigenvalue weighted by Crippen LogP contribution is -2.37. The number of aliphatic hydroxyl groups is 1. The van der Waals surface area contributed by atoms with E-state index in [4.69, 9.17) is 9.47 Å². The highest BCUT2D eigenvalue weighted by Crippen LogP contribution is 2.40. The Hall–Kier alpha value is -2.03. The third-order valence-electron chi connectivity index (χ3n) is 4.42. The standard InChI is InChI=1S/C16H17F4NO4/c1-7-3-11-12(14(13(7)17)25-8(2)16(18,19)20)15(23)21-5-10(22)4-9(21)6-24-11/h3,8-10,22H,4-6H2,1-2H3/t8-,9+,10-/m0/s1. The van der Waals surface area contributed by atoms with Crippen molar-refractivity contribution in [2.24, 2.45) is 0 Å². The SMILES string of the molecule is Cc1cc2c(c(O[C@@H](C)C(F)(F)F)c1F)C(=O)N1C[C@@H](O)C[C@@H]1CO2. The van der Waals surface area contributed by atoms with Crippen molar-refractivity contribution in [3.63, 3.8) is 0 Å². The second kappa shape index (κ2) is 6.05. The lowest BCUT2D eigenvalue weighted by Gasteiger charge is -2.23. The molecule has 0 aromatic heterocycles. The predicted octanol–water partition coefficient (Wildman–Crippen LogP) is 2.43. The molecule has 0 bridgehead atoms. The van der Waals surface area contributed by atoms with Crippen molar-refractivity contribution in [3.8, 4) is 11.5 Å². The maximum atomic E-state index is 14.5. The summed E-state index contributed by atoms with van der Waals surface area (Å²) in [5.41, 5.74) is -0.367. The molecule has 0 unspecified atom stereocenters. The molecule has 1 saturated heterocycles. The predicted molar refractivity (Wildman–Crippen MR) is 78.2 cm³/mol. The number of halogens is 4. The summed E-state index contributed by atoms with van der Waals surface area (Å²) in [7, 11) is 0. The van der Waals surface area contributed by atoms with Crippen molar-refractivity contribution in [1.82, 2.24) is 4.90 Å². The van der Waals surface area contributed by atoms with E-state index in [1.165, 1.54) is 17.9 Å². The smallest absolute Gasteiger partial charge is 0.425 e. The third-order valence-corrected chi connectivity index (χ3v) is 4.42. The van der Waals surface area contributed by atoms with Gasteiger partial charge in [0.25, 0.3) is 5.91 Å². The molecule has 1 aromatic rings. The van der Waals surface area contributed by atoms with Gasteiger partial charge in [0, 0.05) is 6.54 Å². The summed E-state index contributed by atoms with van der Waals surface area (Å²) in [5, 5.41) is 9.73. The van der Waals surface area contributed by atoms with Crippen LogP contribution in [0, 0.1) is 12.7 Å². The number of carbonyl (C=O) groups excluding carboxylic acids is 1. The lowest BCUT2D eigenvalue weighted by molar-refractivity contribution is -0.189. The highest BCUT2D eigenvalue weighted by molar-refractivity contribution is 6.00. The van der Waals surface area contributed by atoms with Crippen LogP contribution in [-0.2, 0) is 0 Å². The number of hydrogen-bond acceptors (Lipinski definition) is 4. The van der Waals surface area contributed by atoms with Gasteiger partial charge in [-0.3, -0.25) is 4.79 Å². The van der Waals surface area contributed by atoms with Gasteiger partial charge in [0.2, 0.25) is 0 Å². The Kier molecular flexibility index (Phi) is 4.30. The van der Waals surface area contributed by atoms with Crippen LogP contribution in [0.25, 0.3) is 0 Å². The average molecular weight is 363 g/mol. The fourth-order valence-corrected chi connectivity index (χ4v) is 3.03. The van der Waals surface area contributed by atoms with E-state index >= 15 is 0 Å². The van der Waals surface area contributed by atoms with Gasteiger partial charge in [-0.05, 0) is 31.9 Å². The van der Waals surface area contributed by atoms with Gasteiger partial charge in [-0.2, -0.15) is 13.2 Å². The van der Waals surface area contributed by atoms with Gasteiger partial charge in [0.1, 0.15) is 17.9 Å². The molecular weight excluding hydrogens is 346 g/mol. The number of alkyl halides is 3. The first-order valence-electron chi connectivity index (χ1n) is 7.78. The first kappa shape index (κ1) is 17.8. The maximum absolute atomic E-state index is 14.5. The van der Waals surface area contributed by atoms with Gasteiger partial charge < -0.3 is 19.5 Å². The van der Waals surface area contributed by atoms with Gasteiger partial charge in [-0.1, -0.05) is 0 Å². The summed E-state index contributed by atoms with van der Waals surface area (Å²) < 4.78 is 63.3. The van der Waals surface area contributed by atoms with Crippen LogP contribution in [0.2, 0.25) is 0 Å². The Morgan fingerprint density at radius 1 is 1.44 bits per heavy atom. The molecule has 138 valence electrons. The number of aliphatic hydroxyl groups excluding tert-OH is 1. The Morgan fingerprint density at radius 2 is 2.12 bits per heavy atom. The molecule has 25 heavy (non-hydrogen) atoms. The van der Waals surface area contributed by atoms with Gasteiger partial charge in [0.05, 0.1) is 12.1 Å². The highest BCUT2D eigenvalue weighted by atomic mass is 19.4. The molecular formula is C16H17F4NO4. The number of hydrogen-bond donors (Lipinski definition) is 1. The highest BCUT2D eigenvalue weighted by Gasteiger charge is 2.43. The van der Waals surface area contributed by atoms with Gasteiger partial charge in [0.15, 0.2) is 17.7 Å². The minimum Gasteiger partial charge on any atom is -0.490 e. The molecule has 0 saturated carbocycles. The number of nitrogens with zero attached hydrogens (tertiary/aromatic N) is 1. The number of benzene rings is 1. The van der Waals surface area contributed by atoms with Crippen LogP contribution in [0.4, 0.5) is 17.6 Å². The fourth-order valence-electron chi connectivity index (χ4n) is 3.03. The van der Waals surface area contributed by atoms with Crippen molar-refractivity contribution in [2.75, 3.05) is 13.2 Å². The number of rotatable bonds is 2. The first-order chi connectivity index (χ1) is 11.6. The molecule has 2 aliphatic heterocycles. The van der Waals surface area contributed by atoms with E-state index in [1.54, 1.807) is 0 Å². The summed E-state index contributed by atoms with van der Waals surface area (Å²) in [6.07, 6.45) is -7.49. The second-order valence-corrected chi connectivity index (χ2v) is 6.32. The molecule has 1 fully saturated rings. The van der Waals surface area contributed by atoms with E-state index in [1.807, 2.05) is 0 Å². The van der Waals surface area contributed by atoms with Crippen molar-refractivity contribution >= 4 is 5.91 Å². The molecule has 1 amide bonds. The largest absolute Gasteiger partial charge is 0.490 e. The number of amides is 1. The summed E-state index contributed by atoms with van der Waals surface area (Å²) in [5.74, 6) is -2.54. The van der Waals surface area contributed by atoms with Crippen LogP contribution in [-0.4, -0.2) is 53.5 Å². The summed E-state index contributed by atoms with van der Waals surface area (Å²) in [4.78, 5) is 14.1. The molecule has 5 nitrogen and oxygen atoms in total.